The molecule has 1 aliphatic heterocycles. The van der Waals surface area contributed by atoms with Crippen molar-refractivity contribution in [1.82, 2.24) is 20.0 Å². The Labute approximate surface area is 140 Å². The van der Waals surface area contributed by atoms with Gasteiger partial charge in [-0.3, -0.25) is 9.78 Å². The number of aromatic nitrogens is 3. The van der Waals surface area contributed by atoms with E-state index in [1.54, 1.807) is 31.1 Å². The minimum Gasteiger partial charge on any atom is -0.368 e. The highest BCUT2D eigenvalue weighted by molar-refractivity contribution is 5.96. The maximum absolute atomic E-state index is 12.8. The van der Waals surface area contributed by atoms with Crippen LogP contribution >= 0.6 is 0 Å². The van der Waals surface area contributed by atoms with Crippen LogP contribution in [0.5, 0.6) is 0 Å². The molecule has 8 nitrogen and oxygen atoms in total. The number of nitrogens with zero attached hydrogens (tertiary/aromatic N) is 5. The Morgan fingerprint density at radius 1 is 1.29 bits per heavy atom. The lowest BCUT2D eigenvalue weighted by Crippen LogP contribution is -2.43. The summed E-state index contributed by atoms with van der Waals surface area (Å²) in [7, 11) is 3.81. The minimum atomic E-state index is -0.311. The zero-order valence-corrected chi connectivity index (χ0v) is 14.3. The molecular formula is C16H21N5O3. The largest absolute Gasteiger partial charge is 0.368 e. The average molecular weight is 331 g/mol. The predicted molar refractivity (Wildman–Crippen MR) is 86.9 cm³/mol. The predicted octanol–water partition coefficient (Wildman–Crippen LogP) is 1.36. The third-order valence-electron chi connectivity index (χ3n) is 4.04. The van der Waals surface area contributed by atoms with Crippen LogP contribution in [0.4, 0.5) is 5.82 Å². The van der Waals surface area contributed by atoms with E-state index in [0.29, 0.717) is 36.7 Å². The summed E-state index contributed by atoms with van der Waals surface area (Å²) in [6, 6.07) is 0. The van der Waals surface area contributed by atoms with E-state index in [9.17, 15) is 4.79 Å². The zero-order valence-electron chi connectivity index (χ0n) is 14.3. The molecule has 1 amide bonds. The molecule has 128 valence electrons. The number of hydrogen-bond donors (Lipinski definition) is 0. The van der Waals surface area contributed by atoms with Gasteiger partial charge in [-0.05, 0) is 13.8 Å². The van der Waals surface area contributed by atoms with Gasteiger partial charge >= 0.3 is 0 Å². The molecule has 1 saturated heterocycles. The summed E-state index contributed by atoms with van der Waals surface area (Å²) in [4.78, 5) is 25.2. The molecule has 1 fully saturated rings. The Kier molecular flexibility index (Phi) is 4.48. The van der Waals surface area contributed by atoms with Crippen molar-refractivity contribution in [2.45, 2.75) is 20.0 Å². The lowest BCUT2D eigenvalue weighted by Gasteiger charge is -2.33. The number of hydrogen-bond acceptors (Lipinski definition) is 7. The van der Waals surface area contributed by atoms with Gasteiger partial charge in [-0.1, -0.05) is 5.16 Å². The molecule has 3 heterocycles. The first-order valence-electron chi connectivity index (χ1n) is 7.81. The molecule has 1 atom stereocenters. The molecule has 0 N–H and O–H groups in total. The van der Waals surface area contributed by atoms with Crippen LogP contribution in [0, 0.1) is 13.8 Å². The van der Waals surface area contributed by atoms with Gasteiger partial charge in [0, 0.05) is 33.0 Å². The maximum Gasteiger partial charge on any atom is 0.259 e. The standard InChI is InChI=1S/C16H21N5O3/c1-10-13(11(2)24-19-10)16(22)21-7-8-23-12(9-21)14-15(20(3)4)18-6-5-17-14/h5-6,12H,7-9H2,1-4H3. The summed E-state index contributed by atoms with van der Waals surface area (Å²) in [6.45, 7) is 4.91. The lowest BCUT2D eigenvalue weighted by molar-refractivity contribution is -0.0247. The Bertz CT molecular complexity index is 724. The summed E-state index contributed by atoms with van der Waals surface area (Å²) in [5, 5.41) is 3.86. The number of ether oxygens (including phenoxy) is 1. The molecule has 1 unspecified atom stereocenters. The number of anilines is 1. The van der Waals surface area contributed by atoms with Crippen LogP contribution in [-0.2, 0) is 4.74 Å². The van der Waals surface area contributed by atoms with E-state index in [1.165, 1.54) is 0 Å². The van der Waals surface area contributed by atoms with Crippen molar-refractivity contribution in [3.05, 3.63) is 35.1 Å². The third-order valence-corrected chi connectivity index (χ3v) is 4.04. The molecule has 2 aromatic heterocycles. The van der Waals surface area contributed by atoms with Crippen LogP contribution in [0.3, 0.4) is 0 Å². The van der Waals surface area contributed by atoms with Crippen LogP contribution in [0.1, 0.15) is 33.6 Å². The van der Waals surface area contributed by atoms with Gasteiger partial charge in [0.15, 0.2) is 5.82 Å². The average Bonchev–Trinajstić information content (AvgIpc) is 2.93. The van der Waals surface area contributed by atoms with Crippen molar-refractivity contribution < 1.29 is 14.1 Å². The smallest absolute Gasteiger partial charge is 0.259 e. The van der Waals surface area contributed by atoms with Gasteiger partial charge in [0.05, 0.1) is 18.8 Å². The molecule has 8 heteroatoms. The first kappa shape index (κ1) is 16.4. The molecule has 2 aromatic rings. The summed E-state index contributed by atoms with van der Waals surface area (Å²) in [6.07, 6.45) is 2.98. The van der Waals surface area contributed by atoms with Crippen molar-refractivity contribution in [2.75, 3.05) is 38.7 Å². The summed E-state index contributed by atoms with van der Waals surface area (Å²) >= 11 is 0. The van der Waals surface area contributed by atoms with Crippen molar-refractivity contribution in [3.63, 3.8) is 0 Å². The molecule has 1 aliphatic rings. The Morgan fingerprint density at radius 3 is 2.71 bits per heavy atom. The Morgan fingerprint density at radius 2 is 2.04 bits per heavy atom. The van der Waals surface area contributed by atoms with Gasteiger partial charge in [0.25, 0.3) is 5.91 Å². The van der Waals surface area contributed by atoms with Crippen molar-refractivity contribution in [2.24, 2.45) is 0 Å². The van der Waals surface area contributed by atoms with E-state index < -0.39 is 0 Å². The van der Waals surface area contributed by atoms with Gasteiger partial charge in [-0.15, -0.1) is 0 Å². The first-order valence-corrected chi connectivity index (χ1v) is 7.81. The highest BCUT2D eigenvalue weighted by atomic mass is 16.5. The number of amides is 1. The summed E-state index contributed by atoms with van der Waals surface area (Å²) in [5.74, 6) is 1.19. The number of rotatable bonds is 3. The van der Waals surface area contributed by atoms with Gasteiger partial charge in [0.1, 0.15) is 23.1 Å². The van der Waals surface area contributed by atoms with Gasteiger partial charge < -0.3 is 19.1 Å². The molecule has 0 aliphatic carbocycles. The number of carbonyl (C=O) groups is 1. The second-order valence-corrected chi connectivity index (χ2v) is 5.97. The third kappa shape index (κ3) is 2.96. The number of carbonyl (C=O) groups excluding carboxylic acids is 1. The second kappa shape index (κ2) is 6.56. The van der Waals surface area contributed by atoms with Crippen LogP contribution in [0.25, 0.3) is 0 Å². The van der Waals surface area contributed by atoms with E-state index >= 15 is 0 Å². The Hall–Kier alpha value is -2.48. The van der Waals surface area contributed by atoms with Crippen LogP contribution in [-0.4, -0.2) is 59.7 Å². The SMILES string of the molecule is Cc1noc(C)c1C(=O)N1CCOC(c2nccnc2N(C)C)C1. The lowest BCUT2D eigenvalue weighted by atomic mass is 10.1. The topological polar surface area (TPSA) is 84.6 Å². The fourth-order valence-electron chi connectivity index (χ4n) is 2.86. The van der Waals surface area contributed by atoms with Gasteiger partial charge in [-0.2, -0.15) is 0 Å². The fourth-order valence-corrected chi connectivity index (χ4v) is 2.86. The molecule has 0 radical (unpaired) electrons. The van der Waals surface area contributed by atoms with Crippen LogP contribution in [0.15, 0.2) is 16.9 Å². The van der Waals surface area contributed by atoms with Crippen molar-refractivity contribution in [1.29, 1.82) is 0 Å². The summed E-state index contributed by atoms with van der Waals surface area (Å²) in [5.41, 5.74) is 1.87. The molecule has 0 bridgehead atoms. The number of morpholine rings is 1. The molecular weight excluding hydrogens is 310 g/mol. The normalized spacial score (nSPS) is 17.8. The molecule has 0 spiro atoms. The van der Waals surface area contributed by atoms with Crippen LogP contribution < -0.4 is 4.90 Å². The van der Waals surface area contributed by atoms with E-state index in [0.717, 1.165) is 11.5 Å². The molecule has 3 rings (SSSR count). The second-order valence-electron chi connectivity index (χ2n) is 5.97. The maximum atomic E-state index is 12.8. The van der Waals surface area contributed by atoms with Crippen molar-refractivity contribution in [3.8, 4) is 0 Å². The molecule has 0 aromatic carbocycles. The van der Waals surface area contributed by atoms with Crippen molar-refractivity contribution >= 4 is 11.7 Å². The molecule has 0 saturated carbocycles. The monoisotopic (exact) mass is 331 g/mol. The van der Waals surface area contributed by atoms with Gasteiger partial charge in [-0.25, -0.2) is 4.98 Å². The van der Waals surface area contributed by atoms with Gasteiger partial charge in [0.2, 0.25) is 0 Å². The highest BCUT2D eigenvalue weighted by Crippen LogP contribution is 2.27. The van der Waals surface area contributed by atoms with E-state index in [4.69, 9.17) is 9.26 Å². The first-order chi connectivity index (χ1) is 11.5. The molecule has 24 heavy (non-hydrogen) atoms. The fraction of sp³-hybridized carbons (Fsp3) is 0.500. The minimum absolute atomic E-state index is 0.0881. The number of aryl methyl sites for hydroxylation is 2. The van der Waals surface area contributed by atoms with E-state index in [1.807, 2.05) is 19.0 Å². The van der Waals surface area contributed by atoms with Crippen LogP contribution in [0.2, 0.25) is 0 Å². The Balaban J connectivity index is 1.84. The van der Waals surface area contributed by atoms with E-state index in [2.05, 4.69) is 15.1 Å². The zero-order chi connectivity index (χ0) is 17.3. The quantitative estimate of drug-likeness (QED) is 0.839. The van der Waals surface area contributed by atoms with E-state index in [-0.39, 0.29) is 12.0 Å². The summed E-state index contributed by atoms with van der Waals surface area (Å²) < 4.78 is 11.0. The highest BCUT2D eigenvalue weighted by Gasteiger charge is 2.31.